The lowest BCUT2D eigenvalue weighted by atomic mass is 9.81. The van der Waals surface area contributed by atoms with Crippen molar-refractivity contribution in [2.24, 2.45) is 5.41 Å². The minimum Gasteiger partial charge on any atom is -0.444 e. The summed E-state index contributed by atoms with van der Waals surface area (Å²) in [5.74, 6) is 2.44. The second-order valence-corrected chi connectivity index (χ2v) is 9.45. The summed E-state index contributed by atoms with van der Waals surface area (Å²) in [7, 11) is 0. The maximum Gasteiger partial charge on any atom is 0.410 e. The maximum atomic E-state index is 12.3. The number of rotatable bonds is 2. The van der Waals surface area contributed by atoms with Crippen molar-refractivity contribution < 1.29 is 9.53 Å². The number of nitrogens with zero attached hydrogens (tertiary/aromatic N) is 1. The van der Waals surface area contributed by atoms with E-state index in [1.54, 1.807) is 0 Å². The van der Waals surface area contributed by atoms with E-state index < -0.39 is 5.60 Å². The third-order valence-corrected chi connectivity index (χ3v) is 5.69. The van der Waals surface area contributed by atoms with Gasteiger partial charge in [0.05, 0.1) is 0 Å². The topological polar surface area (TPSA) is 41.6 Å². The fourth-order valence-corrected chi connectivity index (χ4v) is 4.72. The summed E-state index contributed by atoms with van der Waals surface area (Å²) in [5, 5.41) is 3.83. The average molecular weight is 329 g/mol. The van der Waals surface area contributed by atoms with Gasteiger partial charge in [0.25, 0.3) is 0 Å². The molecule has 2 unspecified atom stereocenters. The fourth-order valence-electron chi connectivity index (χ4n) is 3.10. The molecule has 1 N–H and O–H groups in total. The molecule has 2 aliphatic rings. The average Bonchev–Trinajstić information content (AvgIpc) is 2.39. The van der Waals surface area contributed by atoms with Gasteiger partial charge in [-0.25, -0.2) is 4.79 Å². The molecule has 2 heterocycles. The van der Waals surface area contributed by atoms with Crippen LogP contribution in [0.5, 0.6) is 0 Å². The summed E-state index contributed by atoms with van der Waals surface area (Å²) in [4.78, 5) is 14.1. The van der Waals surface area contributed by atoms with Crippen LogP contribution in [0, 0.1) is 5.41 Å². The van der Waals surface area contributed by atoms with Crippen LogP contribution >= 0.6 is 11.8 Å². The highest BCUT2D eigenvalue weighted by Crippen LogP contribution is 2.34. The molecule has 1 amide bonds. The van der Waals surface area contributed by atoms with E-state index in [2.05, 4.69) is 19.2 Å². The number of ether oxygens (including phenoxy) is 1. The number of carbonyl (C=O) groups is 1. The number of hydrogen-bond acceptors (Lipinski definition) is 4. The Labute approximate surface area is 139 Å². The number of likely N-dealkylation sites (tertiary alicyclic amines) is 1. The van der Waals surface area contributed by atoms with Crippen molar-refractivity contribution in [3.05, 3.63) is 0 Å². The molecule has 5 heteroatoms. The Morgan fingerprint density at radius 1 is 1.36 bits per heavy atom. The van der Waals surface area contributed by atoms with Gasteiger partial charge in [-0.15, -0.1) is 0 Å². The van der Waals surface area contributed by atoms with Crippen LogP contribution in [0.4, 0.5) is 4.79 Å². The molecule has 2 fully saturated rings. The quantitative estimate of drug-likeness (QED) is 0.842. The van der Waals surface area contributed by atoms with Gasteiger partial charge in [0.2, 0.25) is 0 Å². The van der Waals surface area contributed by atoms with E-state index >= 15 is 0 Å². The smallest absolute Gasteiger partial charge is 0.410 e. The zero-order valence-electron chi connectivity index (χ0n) is 14.8. The van der Waals surface area contributed by atoms with Crippen LogP contribution in [0.3, 0.4) is 0 Å². The van der Waals surface area contributed by atoms with E-state index in [4.69, 9.17) is 4.74 Å². The molecule has 0 aromatic heterocycles. The van der Waals surface area contributed by atoms with Crippen LogP contribution in [-0.4, -0.2) is 53.3 Å². The summed E-state index contributed by atoms with van der Waals surface area (Å²) < 4.78 is 5.51. The van der Waals surface area contributed by atoms with Gasteiger partial charge in [-0.3, -0.25) is 0 Å². The molecule has 22 heavy (non-hydrogen) atoms. The number of thioether (sulfide) groups is 1. The highest BCUT2D eigenvalue weighted by molar-refractivity contribution is 7.99. The standard InChI is InChI=1S/C17H32N2O2S/c1-16(2,3)21-15(20)19-9-6-7-13(11-19)18-14-12-22-10-8-17(14,4)5/h13-14,18H,6-12H2,1-5H3. The van der Waals surface area contributed by atoms with Crippen molar-refractivity contribution >= 4 is 17.9 Å². The summed E-state index contributed by atoms with van der Waals surface area (Å²) in [6, 6.07) is 0.930. The number of carbonyl (C=O) groups excluding carboxylic acids is 1. The number of piperidine rings is 1. The van der Waals surface area contributed by atoms with Gasteiger partial charge in [0, 0.05) is 30.9 Å². The summed E-state index contributed by atoms with van der Waals surface area (Å²) in [6.45, 7) is 12.1. The third-order valence-electron chi connectivity index (χ3n) is 4.63. The lowest BCUT2D eigenvalue weighted by molar-refractivity contribution is 0.0176. The minimum absolute atomic E-state index is 0.170. The Morgan fingerprint density at radius 2 is 2.09 bits per heavy atom. The molecular weight excluding hydrogens is 296 g/mol. The second-order valence-electron chi connectivity index (χ2n) is 8.30. The van der Waals surface area contributed by atoms with E-state index in [-0.39, 0.29) is 6.09 Å². The first-order chi connectivity index (χ1) is 10.2. The number of hydrogen-bond donors (Lipinski definition) is 1. The fraction of sp³-hybridized carbons (Fsp3) is 0.941. The molecule has 0 saturated carbocycles. The molecule has 2 aliphatic heterocycles. The monoisotopic (exact) mass is 328 g/mol. The molecule has 0 bridgehead atoms. The van der Waals surface area contributed by atoms with Crippen molar-refractivity contribution in [3.63, 3.8) is 0 Å². The third kappa shape index (κ3) is 5.05. The lowest BCUT2D eigenvalue weighted by Gasteiger charge is -2.43. The van der Waals surface area contributed by atoms with Crippen LogP contribution in [0.15, 0.2) is 0 Å². The molecule has 4 nitrogen and oxygen atoms in total. The lowest BCUT2D eigenvalue weighted by Crippen LogP contribution is -2.56. The van der Waals surface area contributed by atoms with Crippen LogP contribution < -0.4 is 5.32 Å². The number of amides is 1. The highest BCUT2D eigenvalue weighted by atomic mass is 32.2. The largest absolute Gasteiger partial charge is 0.444 e. The first-order valence-electron chi connectivity index (χ1n) is 8.49. The summed E-state index contributed by atoms with van der Waals surface area (Å²) >= 11 is 2.04. The maximum absolute atomic E-state index is 12.3. The van der Waals surface area contributed by atoms with E-state index in [1.165, 1.54) is 17.9 Å². The molecule has 2 rings (SSSR count). The van der Waals surface area contributed by atoms with Gasteiger partial charge < -0.3 is 15.0 Å². The van der Waals surface area contributed by atoms with Gasteiger partial charge in [-0.1, -0.05) is 13.8 Å². The summed E-state index contributed by atoms with van der Waals surface area (Å²) in [5.41, 5.74) is -0.0705. The van der Waals surface area contributed by atoms with Gasteiger partial charge >= 0.3 is 6.09 Å². The molecule has 0 radical (unpaired) electrons. The minimum atomic E-state index is -0.417. The Balaban J connectivity index is 1.89. The van der Waals surface area contributed by atoms with Crippen molar-refractivity contribution in [2.45, 2.75) is 71.6 Å². The van der Waals surface area contributed by atoms with Gasteiger partial charge in [0.15, 0.2) is 0 Å². The van der Waals surface area contributed by atoms with E-state index in [0.29, 0.717) is 17.5 Å². The Bertz CT molecular complexity index is 393. The van der Waals surface area contributed by atoms with Gasteiger partial charge in [-0.2, -0.15) is 11.8 Å². The SMILES string of the molecule is CC(C)(C)OC(=O)N1CCCC(NC2CSCCC2(C)C)C1. The van der Waals surface area contributed by atoms with E-state index in [1.807, 2.05) is 37.4 Å². The van der Waals surface area contributed by atoms with Crippen molar-refractivity contribution in [3.8, 4) is 0 Å². The molecule has 0 spiro atoms. The van der Waals surface area contributed by atoms with Gasteiger partial charge in [0.1, 0.15) is 5.60 Å². The molecular formula is C17H32N2O2S. The first-order valence-corrected chi connectivity index (χ1v) is 9.64. The van der Waals surface area contributed by atoms with Crippen molar-refractivity contribution in [1.29, 1.82) is 0 Å². The van der Waals surface area contributed by atoms with Gasteiger partial charge in [-0.05, 0) is 51.2 Å². The molecule has 0 aromatic carbocycles. The first kappa shape index (κ1) is 17.9. The molecule has 0 aliphatic carbocycles. The Morgan fingerprint density at radius 3 is 2.73 bits per heavy atom. The Kier molecular flexibility index (Phi) is 5.70. The molecule has 2 saturated heterocycles. The van der Waals surface area contributed by atoms with Crippen molar-refractivity contribution in [2.75, 3.05) is 24.6 Å². The zero-order chi connectivity index (χ0) is 16.4. The predicted octanol–water partition coefficient (Wildman–Crippen LogP) is 3.51. The molecule has 2 atom stereocenters. The van der Waals surface area contributed by atoms with Crippen LogP contribution in [0.1, 0.15) is 53.9 Å². The van der Waals surface area contributed by atoms with Crippen molar-refractivity contribution in [1.82, 2.24) is 10.2 Å². The summed E-state index contributed by atoms with van der Waals surface area (Å²) in [6.07, 6.45) is 3.29. The zero-order valence-corrected chi connectivity index (χ0v) is 15.6. The normalized spacial score (nSPS) is 29.2. The predicted molar refractivity (Wildman–Crippen MR) is 93.5 cm³/mol. The highest BCUT2D eigenvalue weighted by Gasteiger charge is 2.35. The van der Waals surface area contributed by atoms with Crippen LogP contribution in [-0.2, 0) is 4.74 Å². The number of nitrogens with one attached hydrogen (secondary N) is 1. The second kappa shape index (κ2) is 7.00. The van der Waals surface area contributed by atoms with E-state index in [0.717, 1.165) is 25.9 Å². The van der Waals surface area contributed by atoms with Crippen LogP contribution in [0.25, 0.3) is 0 Å². The molecule has 0 aromatic rings. The molecule has 128 valence electrons. The Hall–Kier alpha value is -0.420. The van der Waals surface area contributed by atoms with E-state index in [9.17, 15) is 4.79 Å². The van der Waals surface area contributed by atoms with Crippen LogP contribution in [0.2, 0.25) is 0 Å².